The molecule has 5 rings (SSSR count). The van der Waals surface area contributed by atoms with Gasteiger partial charge in [0.05, 0.1) is 6.61 Å². The number of rotatable bonds is 3. The van der Waals surface area contributed by atoms with Gasteiger partial charge in [0.1, 0.15) is 17.5 Å². The van der Waals surface area contributed by atoms with Crippen LogP contribution in [0.4, 0.5) is 0 Å². The fraction of sp³-hybridized carbons (Fsp3) is 0.704. The highest BCUT2D eigenvalue weighted by Gasteiger charge is 2.64. The van der Waals surface area contributed by atoms with Gasteiger partial charge in [-0.2, -0.15) is 0 Å². The van der Waals surface area contributed by atoms with Crippen molar-refractivity contribution in [1.82, 2.24) is 0 Å². The highest BCUT2D eigenvalue weighted by atomic mass is 17.2. The van der Waals surface area contributed by atoms with Gasteiger partial charge in [-0.3, -0.25) is 9.59 Å². The molecule has 0 radical (unpaired) electrons. The molecule has 0 amide bonds. The van der Waals surface area contributed by atoms with Crippen LogP contribution in [-0.4, -0.2) is 30.3 Å². The van der Waals surface area contributed by atoms with Crippen LogP contribution in [0.3, 0.4) is 0 Å². The Morgan fingerprint density at radius 1 is 1.06 bits per heavy atom. The van der Waals surface area contributed by atoms with Crippen LogP contribution in [0.25, 0.3) is 0 Å². The zero-order valence-corrected chi connectivity index (χ0v) is 20.4. The lowest BCUT2D eigenvalue weighted by Gasteiger charge is -2.58. The number of carbonyl (C=O) groups excluding carboxylic acids is 2. The van der Waals surface area contributed by atoms with Crippen molar-refractivity contribution in [2.75, 3.05) is 6.61 Å². The number of esters is 2. The molecule has 1 heterocycles. The van der Waals surface area contributed by atoms with Gasteiger partial charge in [-0.25, -0.2) is 9.78 Å². The molecular weight excluding hydrogens is 420 g/mol. The van der Waals surface area contributed by atoms with Crippen molar-refractivity contribution >= 4 is 11.9 Å². The molecule has 1 aliphatic heterocycles. The van der Waals surface area contributed by atoms with Crippen LogP contribution in [0.2, 0.25) is 0 Å². The molecule has 0 spiro atoms. The first-order valence-electron chi connectivity index (χ1n) is 12.4. The molecular formula is C27H36O6. The standard InChI is InChI=1S/C27H36O6/c1-16(28)31-19-10-11-25(3)18(14-19)6-7-20-21-8-9-23(26(4)12-13-30-33-26)27(21,5)24(15-22(20)25)32-17(2)29/h6,8,14,20,22-24H,7,9-13,15H2,1-5H3/t20-,22-,23+,24+,25-,26?,27-/m0/s1. The minimum atomic E-state index is -0.385. The van der Waals surface area contributed by atoms with Crippen LogP contribution in [0, 0.1) is 28.6 Å². The van der Waals surface area contributed by atoms with Gasteiger partial charge in [0.15, 0.2) is 0 Å². The molecule has 0 bridgehead atoms. The maximum Gasteiger partial charge on any atom is 0.307 e. The van der Waals surface area contributed by atoms with Crippen LogP contribution in [0.1, 0.15) is 73.1 Å². The van der Waals surface area contributed by atoms with Gasteiger partial charge in [-0.1, -0.05) is 31.6 Å². The van der Waals surface area contributed by atoms with Crippen LogP contribution >= 0.6 is 0 Å². The third-order valence-electron chi connectivity index (χ3n) is 9.47. The number of hydrogen-bond donors (Lipinski definition) is 0. The van der Waals surface area contributed by atoms with Crippen LogP contribution in [0.5, 0.6) is 0 Å². The first kappa shape index (κ1) is 22.9. The van der Waals surface area contributed by atoms with Crippen molar-refractivity contribution in [2.24, 2.45) is 28.6 Å². The van der Waals surface area contributed by atoms with Crippen LogP contribution in [-0.2, 0) is 28.8 Å². The normalized spacial score (nSPS) is 44.0. The molecule has 5 aliphatic rings. The molecule has 6 heteroatoms. The van der Waals surface area contributed by atoms with E-state index in [0.717, 1.165) is 44.3 Å². The minimum Gasteiger partial charge on any atom is -0.462 e. The molecule has 4 aliphatic carbocycles. The van der Waals surface area contributed by atoms with Crippen molar-refractivity contribution in [3.05, 3.63) is 35.1 Å². The Bertz CT molecular complexity index is 954. The topological polar surface area (TPSA) is 71.1 Å². The smallest absolute Gasteiger partial charge is 0.307 e. The average Bonchev–Trinajstić information content (AvgIpc) is 3.33. The second-order valence-corrected chi connectivity index (χ2v) is 11.3. The van der Waals surface area contributed by atoms with Crippen LogP contribution < -0.4 is 0 Å². The van der Waals surface area contributed by atoms with Gasteiger partial charge >= 0.3 is 11.9 Å². The largest absolute Gasteiger partial charge is 0.462 e. The first-order valence-corrected chi connectivity index (χ1v) is 12.4. The molecule has 2 fully saturated rings. The van der Waals surface area contributed by atoms with E-state index in [1.807, 2.05) is 0 Å². The molecule has 7 atom stereocenters. The molecule has 180 valence electrons. The molecule has 0 N–H and O–H groups in total. The monoisotopic (exact) mass is 456 g/mol. The SMILES string of the molecule is CC(=O)OC1=CC2=CC[C@H]3C4=CC[C@H](C5(C)CCOO5)[C@@]4(C)[C@H](OC(C)=O)C[C@@H]3[C@@]2(C)CC1. The Morgan fingerprint density at radius 2 is 1.85 bits per heavy atom. The third-order valence-corrected chi connectivity index (χ3v) is 9.47. The Labute approximate surface area is 196 Å². The van der Waals surface area contributed by atoms with Gasteiger partial charge in [-0.15, -0.1) is 0 Å². The Balaban J connectivity index is 1.53. The molecule has 33 heavy (non-hydrogen) atoms. The van der Waals surface area contributed by atoms with Gasteiger partial charge in [0.25, 0.3) is 0 Å². The van der Waals surface area contributed by atoms with Gasteiger partial charge < -0.3 is 9.47 Å². The second-order valence-electron chi connectivity index (χ2n) is 11.3. The van der Waals surface area contributed by atoms with Crippen LogP contribution in [0.15, 0.2) is 35.1 Å². The first-order chi connectivity index (χ1) is 15.6. The summed E-state index contributed by atoms with van der Waals surface area (Å²) < 4.78 is 11.5. The number of carbonyl (C=O) groups is 2. The number of allylic oxidation sites excluding steroid dienone is 5. The predicted molar refractivity (Wildman–Crippen MR) is 121 cm³/mol. The highest BCUT2D eigenvalue weighted by Crippen LogP contribution is 2.66. The molecule has 1 unspecified atom stereocenters. The summed E-state index contributed by atoms with van der Waals surface area (Å²) in [4.78, 5) is 34.9. The lowest BCUT2D eigenvalue weighted by atomic mass is 9.48. The summed E-state index contributed by atoms with van der Waals surface area (Å²) in [5, 5.41) is 0. The summed E-state index contributed by atoms with van der Waals surface area (Å²) in [5.41, 5.74) is 1.99. The quantitative estimate of drug-likeness (QED) is 0.330. The molecule has 0 aromatic carbocycles. The summed E-state index contributed by atoms with van der Waals surface area (Å²) in [7, 11) is 0. The number of ether oxygens (including phenoxy) is 2. The molecule has 6 nitrogen and oxygen atoms in total. The molecule has 0 aromatic rings. The van der Waals surface area contributed by atoms with Crippen molar-refractivity contribution in [2.45, 2.75) is 84.8 Å². The van der Waals surface area contributed by atoms with E-state index in [-0.39, 0.29) is 40.4 Å². The zero-order chi connectivity index (χ0) is 23.6. The maximum absolute atomic E-state index is 12.3. The number of hydrogen-bond acceptors (Lipinski definition) is 6. The zero-order valence-electron chi connectivity index (χ0n) is 20.4. The van der Waals surface area contributed by atoms with Gasteiger partial charge in [0.2, 0.25) is 0 Å². The van der Waals surface area contributed by atoms with E-state index in [1.165, 1.54) is 25.0 Å². The van der Waals surface area contributed by atoms with E-state index >= 15 is 0 Å². The van der Waals surface area contributed by atoms with Crippen molar-refractivity contribution in [3.8, 4) is 0 Å². The van der Waals surface area contributed by atoms with E-state index in [1.54, 1.807) is 0 Å². The Kier molecular flexibility index (Phi) is 5.41. The van der Waals surface area contributed by atoms with Crippen molar-refractivity contribution in [1.29, 1.82) is 0 Å². The fourth-order valence-electron chi connectivity index (χ4n) is 7.82. The van der Waals surface area contributed by atoms with E-state index in [0.29, 0.717) is 18.4 Å². The predicted octanol–water partition coefficient (Wildman–Crippen LogP) is 5.19. The van der Waals surface area contributed by atoms with Crippen molar-refractivity contribution in [3.63, 3.8) is 0 Å². The molecule has 1 saturated heterocycles. The lowest BCUT2D eigenvalue weighted by molar-refractivity contribution is -0.324. The second kappa shape index (κ2) is 7.81. The van der Waals surface area contributed by atoms with Gasteiger partial charge in [0, 0.05) is 38.0 Å². The summed E-state index contributed by atoms with van der Waals surface area (Å²) in [6.45, 7) is 10.3. The molecule has 1 saturated carbocycles. The van der Waals surface area contributed by atoms with E-state index < -0.39 is 0 Å². The maximum atomic E-state index is 12.3. The molecule has 0 aromatic heterocycles. The van der Waals surface area contributed by atoms with E-state index in [2.05, 4.69) is 39.0 Å². The summed E-state index contributed by atoms with van der Waals surface area (Å²) in [6, 6.07) is 0. The summed E-state index contributed by atoms with van der Waals surface area (Å²) in [6.07, 6.45) is 11.8. The van der Waals surface area contributed by atoms with Gasteiger partial charge in [-0.05, 0) is 61.5 Å². The fourth-order valence-corrected chi connectivity index (χ4v) is 7.82. The van der Waals surface area contributed by atoms with Crippen molar-refractivity contribution < 1.29 is 28.8 Å². The average molecular weight is 457 g/mol. The Morgan fingerprint density at radius 3 is 2.52 bits per heavy atom. The summed E-state index contributed by atoms with van der Waals surface area (Å²) in [5.74, 6) is 1.24. The van der Waals surface area contributed by atoms with E-state index in [9.17, 15) is 9.59 Å². The Hall–Kier alpha value is -1.92. The summed E-state index contributed by atoms with van der Waals surface area (Å²) >= 11 is 0. The minimum absolute atomic E-state index is 0.0396. The third kappa shape index (κ3) is 3.44. The number of fused-ring (bicyclic) bond motifs is 5. The highest BCUT2D eigenvalue weighted by molar-refractivity contribution is 5.67. The van der Waals surface area contributed by atoms with E-state index in [4.69, 9.17) is 19.2 Å². The lowest BCUT2D eigenvalue weighted by Crippen LogP contribution is -2.57.